The van der Waals surface area contributed by atoms with Gasteiger partial charge in [-0.2, -0.15) is 0 Å². The van der Waals surface area contributed by atoms with Crippen LogP contribution in [0.15, 0.2) is 18.2 Å². The Labute approximate surface area is 183 Å². The molecule has 30 heavy (non-hydrogen) atoms. The van der Waals surface area contributed by atoms with Gasteiger partial charge in [-0.25, -0.2) is 0 Å². The molecule has 5 heteroatoms. The summed E-state index contributed by atoms with van der Waals surface area (Å²) < 4.78 is 18.5. The number of aliphatic hydroxyl groups is 1. The molecular formula is C25H40O4Si. The highest BCUT2D eigenvalue weighted by Crippen LogP contribution is 2.62. The first-order valence-electron chi connectivity index (χ1n) is 11.5. The van der Waals surface area contributed by atoms with Crippen LogP contribution in [0.5, 0.6) is 5.75 Å². The van der Waals surface area contributed by atoms with Gasteiger partial charge in [0.25, 0.3) is 0 Å². The fraction of sp³-hybridized carbons (Fsp3) is 0.760. The largest absolute Gasteiger partial charge is 0.543 e. The lowest BCUT2D eigenvalue weighted by Crippen LogP contribution is -2.55. The van der Waals surface area contributed by atoms with Gasteiger partial charge < -0.3 is 19.0 Å². The molecule has 1 saturated carbocycles. The van der Waals surface area contributed by atoms with Crippen LogP contribution in [-0.2, 0) is 15.9 Å². The van der Waals surface area contributed by atoms with Gasteiger partial charge in [-0.1, -0.05) is 33.8 Å². The van der Waals surface area contributed by atoms with Gasteiger partial charge in [0.1, 0.15) is 11.9 Å². The Kier molecular flexibility index (Phi) is 5.06. The number of ether oxygens (including phenoxy) is 2. The third-order valence-corrected chi connectivity index (χ3v) is 13.1. The molecule has 4 rings (SSSR count). The SMILES string of the molecule is CC1(C)OC[C@H]([C@@]2(O)CC[C@H]3c4ccc(O[Si](C)(C)C(C)(C)C)cc4CC[C@@]32C)O1. The van der Waals surface area contributed by atoms with E-state index < -0.39 is 19.7 Å². The highest BCUT2D eigenvalue weighted by atomic mass is 28.4. The summed E-state index contributed by atoms with van der Waals surface area (Å²) in [6, 6.07) is 6.69. The third-order valence-electron chi connectivity index (χ3n) is 8.70. The fourth-order valence-corrected chi connectivity index (χ4v) is 6.68. The number of hydrogen-bond donors (Lipinski definition) is 1. The van der Waals surface area contributed by atoms with E-state index in [1.165, 1.54) is 11.1 Å². The normalized spacial score (nSPS) is 35.8. The molecule has 168 valence electrons. The summed E-state index contributed by atoms with van der Waals surface area (Å²) in [6.45, 7) is 18.0. The summed E-state index contributed by atoms with van der Waals surface area (Å²) in [6.07, 6.45) is 3.43. The number of benzene rings is 1. The van der Waals surface area contributed by atoms with Gasteiger partial charge in [0.05, 0.1) is 12.2 Å². The first-order chi connectivity index (χ1) is 13.7. The molecule has 0 unspecified atom stereocenters. The monoisotopic (exact) mass is 432 g/mol. The minimum Gasteiger partial charge on any atom is -0.543 e. The number of aryl methyl sites for hydroxylation is 1. The Morgan fingerprint density at radius 3 is 2.43 bits per heavy atom. The van der Waals surface area contributed by atoms with E-state index in [-0.39, 0.29) is 16.6 Å². The van der Waals surface area contributed by atoms with Gasteiger partial charge in [0.2, 0.25) is 8.32 Å². The van der Waals surface area contributed by atoms with E-state index in [1.807, 2.05) is 13.8 Å². The Balaban J connectivity index is 1.60. The van der Waals surface area contributed by atoms with E-state index in [1.54, 1.807) is 0 Å². The fourth-order valence-electron chi connectivity index (χ4n) is 5.65. The first kappa shape index (κ1) is 22.3. The maximum Gasteiger partial charge on any atom is 0.250 e. The quantitative estimate of drug-likeness (QED) is 0.615. The Hall–Kier alpha value is -0.883. The minimum atomic E-state index is -1.86. The topological polar surface area (TPSA) is 47.9 Å². The van der Waals surface area contributed by atoms with Crippen LogP contribution in [0.3, 0.4) is 0 Å². The summed E-state index contributed by atoms with van der Waals surface area (Å²) in [5.74, 6) is 0.740. The summed E-state index contributed by atoms with van der Waals surface area (Å²) >= 11 is 0. The van der Waals surface area contributed by atoms with Gasteiger partial charge in [0.15, 0.2) is 5.79 Å². The van der Waals surface area contributed by atoms with Crippen LogP contribution in [0.1, 0.15) is 77.8 Å². The van der Waals surface area contributed by atoms with Crippen LogP contribution in [-0.4, -0.2) is 37.5 Å². The lowest BCUT2D eigenvalue weighted by Gasteiger charge is -2.48. The Morgan fingerprint density at radius 1 is 1.13 bits per heavy atom. The smallest absolute Gasteiger partial charge is 0.250 e. The van der Waals surface area contributed by atoms with Crippen LogP contribution in [0.4, 0.5) is 0 Å². The highest BCUT2D eigenvalue weighted by Gasteiger charge is 2.63. The van der Waals surface area contributed by atoms with Gasteiger partial charge in [0, 0.05) is 5.41 Å². The van der Waals surface area contributed by atoms with Gasteiger partial charge in [-0.05, 0) is 86.8 Å². The number of fused-ring (bicyclic) bond motifs is 3. The lowest BCUT2D eigenvalue weighted by atomic mass is 9.60. The van der Waals surface area contributed by atoms with Crippen LogP contribution in [0.25, 0.3) is 0 Å². The average molecular weight is 433 g/mol. The van der Waals surface area contributed by atoms with Gasteiger partial charge >= 0.3 is 0 Å². The number of hydrogen-bond acceptors (Lipinski definition) is 4. The molecule has 0 spiro atoms. The molecule has 2 aliphatic carbocycles. The molecule has 4 nitrogen and oxygen atoms in total. The van der Waals surface area contributed by atoms with E-state index in [0.29, 0.717) is 12.5 Å². The second-order valence-corrected chi connectivity index (χ2v) is 16.7. The molecule has 4 atom stereocenters. The van der Waals surface area contributed by atoms with Crippen molar-refractivity contribution in [2.45, 2.75) is 109 Å². The molecule has 0 amide bonds. The zero-order chi connectivity index (χ0) is 22.2. The molecule has 2 fully saturated rings. The van der Waals surface area contributed by atoms with E-state index in [9.17, 15) is 5.11 Å². The molecule has 1 saturated heterocycles. The lowest BCUT2D eigenvalue weighted by molar-refractivity contribution is -0.194. The van der Waals surface area contributed by atoms with E-state index in [0.717, 1.165) is 31.4 Å². The zero-order valence-electron chi connectivity index (χ0n) is 20.1. The van der Waals surface area contributed by atoms with E-state index in [2.05, 4.69) is 59.0 Å². The van der Waals surface area contributed by atoms with Crippen LogP contribution in [0.2, 0.25) is 18.1 Å². The van der Waals surface area contributed by atoms with Crippen LogP contribution < -0.4 is 4.43 Å². The van der Waals surface area contributed by atoms with Crippen molar-refractivity contribution >= 4 is 8.32 Å². The molecular weight excluding hydrogens is 392 g/mol. The van der Waals surface area contributed by atoms with Crippen molar-refractivity contribution in [2.75, 3.05) is 6.61 Å². The van der Waals surface area contributed by atoms with Crippen molar-refractivity contribution in [3.05, 3.63) is 29.3 Å². The molecule has 1 aliphatic heterocycles. The molecule has 0 aromatic heterocycles. The summed E-state index contributed by atoms with van der Waals surface area (Å²) in [4.78, 5) is 0. The second kappa shape index (κ2) is 6.81. The van der Waals surface area contributed by atoms with Crippen molar-refractivity contribution in [3.63, 3.8) is 0 Å². The maximum absolute atomic E-state index is 11.9. The summed E-state index contributed by atoms with van der Waals surface area (Å²) in [7, 11) is -1.86. The molecule has 1 heterocycles. The van der Waals surface area contributed by atoms with Crippen molar-refractivity contribution in [1.29, 1.82) is 0 Å². The average Bonchev–Trinajstić information content (AvgIpc) is 3.12. The predicted molar refractivity (Wildman–Crippen MR) is 123 cm³/mol. The molecule has 3 aliphatic rings. The maximum atomic E-state index is 11.9. The van der Waals surface area contributed by atoms with Crippen molar-refractivity contribution in [3.8, 4) is 5.75 Å². The van der Waals surface area contributed by atoms with Crippen molar-refractivity contribution < 1.29 is 19.0 Å². The third kappa shape index (κ3) is 3.37. The summed E-state index contributed by atoms with van der Waals surface area (Å²) in [5, 5.41) is 12.1. The number of rotatable bonds is 3. The zero-order valence-corrected chi connectivity index (χ0v) is 21.1. The Bertz CT molecular complexity index is 827. The molecule has 1 aromatic rings. The van der Waals surface area contributed by atoms with Crippen LogP contribution >= 0.6 is 0 Å². The predicted octanol–water partition coefficient (Wildman–Crippen LogP) is 5.78. The van der Waals surface area contributed by atoms with Gasteiger partial charge in [-0.3, -0.25) is 0 Å². The standard InChI is InChI=1S/C25H40O4Si/c1-22(2,3)30(7,8)29-18-9-10-19-17(15-18)11-13-24(6)20(19)12-14-25(24,26)21-16-27-23(4,5)28-21/h9-10,15,20-21,26H,11-14,16H2,1-8H3/t20-,21+,24-,25-/m0/s1. The van der Waals surface area contributed by atoms with Gasteiger partial charge in [-0.15, -0.1) is 0 Å². The second-order valence-electron chi connectivity index (χ2n) is 12.0. The highest BCUT2D eigenvalue weighted by molar-refractivity contribution is 6.74. The van der Waals surface area contributed by atoms with E-state index in [4.69, 9.17) is 13.9 Å². The molecule has 0 radical (unpaired) electrons. The summed E-state index contributed by atoms with van der Waals surface area (Å²) in [5.41, 5.74) is 1.73. The first-order valence-corrected chi connectivity index (χ1v) is 14.5. The van der Waals surface area contributed by atoms with Crippen molar-refractivity contribution in [2.24, 2.45) is 5.41 Å². The molecule has 1 N–H and O–H groups in total. The van der Waals surface area contributed by atoms with E-state index >= 15 is 0 Å². The molecule has 1 aromatic carbocycles. The van der Waals surface area contributed by atoms with Crippen LogP contribution in [0, 0.1) is 5.41 Å². The van der Waals surface area contributed by atoms with Crippen molar-refractivity contribution in [1.82, 2.24) is 0 Å². The Morgan fingerprint density at radius 2 is 1.83 bits per heavy atom. The minimum absolute atomic E-state index is 0.181. The molecule has 0 bridgehead atoms.